The molecule has 0 aliphatic rings. The van der Waals surface area contributed by atoms with Crippen LogP contribution in [0.2, 0.25) is 0 Å². The maximum atomic E-state index is 12.5. The first-order valence-electron chi connectivity index (χ1n) is 16.8. The van der Waals surface area contributed by atoms with Gasteiger partial charge in [0.05, 0.1) is 34.4 Å². The first kappa shape index (κ1) is 42.0. The highest BCUT2D eigenvalue weighted by Gasteiger charge is 2.31. The maximum absolute atomic E-state index is 12.5. The van der Waals surface area contributed by atoms with E-state index in [1.807, 2.05) is 21.1 Å². The zero-order chi connectivity index (χ0) is 33.6. The van der Waals surface area contributed by atoms with Crippen LogP contribution >= 0.6 is 0 Å². The van der Waals surface area contributed by atoms with Crippen molar-refractivity contribution in [2.75, 3.05) is 41.0 Å². The van der Waals surface area contributed by atoms with E-state index in [9.17, 15) is 19.5 Å². The van der Waals surface area contributed by atoms with E-state index in [4.69, 9.17) is 14.2 Å². The molecule has 0 aromatic rings. The Labute approximate surface area is 273 Å². The van der Waals surface area contributed by atoms with E-state index in [1.165, 1.54) is 0 Å². The number of carboxylic acid groups (broad SMARTS) is 1. The molecule has 45 heavy (non-hydrogen) atoms. The average Bonchev–Trinajstić information content (AvgIpc) is 2.98. The van der Waals surface area contributed by atoms with Crippen LogP contribution in [0.4, 0.5) is 0 Å². The topological polar surface area (TPSA) is 99.1 Å². The summed E-state index contributed by atoms with van der Waals surface area (Å²) in [6.07, 6.45) is 31.5. The van der Waals surface area contributed by atoms with Gasteiger partial charge in [-0.15, -0.1) is 0 Å². The molecule has 0 bridgehead atoms. The Morgan fingerprint density at radius 3 is 1.64 bits per heavy atom. The number of likely N-dealkylation sites (N-methyl/N-ethyl adjacent to an activating group) is 1. The summed E-state index contributed by atoms with van der Waals surface area (Å²) >= 11 is 0. The van der Waals surface area contributed by atoms with Crippen LogP contribution in [0.15, 0.2) is 60.8 Å². The number of hydrogen-bond acceptors (Lipinski definition) is 6. The van der Waals surface area contributed by atoms with Gasteiger partial charge in [-0.1, -0.05) is 74.6 Å². The summed E-state index contributed by atoms with van der Waals surface area (Å²) < 4.78 is 17.0. The van der Waals surface area contributed by atoms with Gasteiger partial charge in [0.25, 0.3) is 0 Å². The van der Waals surface area contributed by atoms with Crippen LogP contribution in [0.1, 0.15) is 104 Å². The minimum absolute atomic E-state index is 0.0324. The third-order valence-electron chi connectivity index (χ3n) is 6.91. The van der Waals surface area contributed by atoms with Gasteiger partial charge >= 0.3 is 17.9 Å². The summed E-state index contributed by atoms with van der Waals surface area (Å²) in [5.41, 5.74) is 0. The van der Waals surface area contributed by atoms with Gasteiger partial charge in [0.1, 0.15) is 6.61 Å². The largest absolute Gasteiger partial charge is 0.477 e. The fraction of sp³-hybridized carbons (Fsp3) is 0.649. The number of quaternary nitrogens is 1. The number of carbonyl (C=O) groups is 3. The molecule has 0 spiro atoms. The molecule has 0 aromatic carbocycles. The zero-order valence-electron chi connectivity index (χ0n) is 28.8. The van der Waals surface area contributed by atoms with Gasteiger partial charge in [-0.05, 0) is 70.6 Å². The van der Waals surface area contributed by atoms with Gasteiger partial charge in [0.15, 0.2) is 12.1 Å². The van der Waals surface area contributed by atoms with Crippen molar-refractivity contribution < 1.29 is 38.2 Å². The molecule has 0 rings (SSSR count). The first-order valence-corrected chi connectivity index (χ1v) is 16.8. The van der Waals surface area contributed by atoms with E-state index in [0.717, 1.165) is 57.8 Å². The lowest BCUT2D eigenvalue weighted by Gasteiger charge is -2.31. The highest BCUT2D eigenvalue weighted by Crippen LogP contribution is 2.11. The van der Waals surface area contributed by atoms with Crippen molar-refractivity contribution in [2.24, 2.45) is 0 Å². The number of unbranched alkanes of at least 4 members (excludes halogenated alkanes) is 4. The van der Waals surface area contributed by atoms with Gasteiger partial charge in [0.2, 0.25) is 0 Å². The Balaban J connectivity index is 4.59. The average molecular weight is 633 g/mol. The number of carbonyl (C=O) groups excluding carboxylic acids is 2. The molecule has 8 heteroatoms. The molecule has 0 radical (unpaired) electrons. The first-order chi connectivity index (χ1) is 21.6. The van der Waals surface area contributed by atoms with E-state index in [1.54, 1.807) is 0 Å². The lowest BCUT2D eigenvalue weighted by molar-refractivity contribution is -0.887. The minimum Gasteiger partial charge on any atom is -0.477 e. The Morgan fingerprint density at radius 1 is 0.667 bits per heavy atom. The van der Waals surface area contributed by atoms with Crippen molar-refractivity contribution in [1.29, 1.82) is 0 Å². The van der Waals surface area contributed by atoms with E-state index in [0.29, 0.717) is 25.7 Å². The SMILES string of the molecule is CC/C=C/C/C=C/C/C=C/CCCCC(=O)OCC(COCCC(C(=O)O)[N+](C)(C)C)OC(=O)CCCC/C=C/C/C=C/CC. The number of nitrogens with zero attached hydrogens (tertiary/aromatic N) is 1. The Hall–Kier alpha value is -2.97. The van der Waals surface area contributed by atoms with Crippen molar-refractivity contribution in [3.63, 3.8) is 0 Å². The van der Waals surface area contributed by atoms with Crippen LogP contribution in [0.3, 0.4) is 0 Å². The third kappa shape index (κ3) is 27.1. The molecule has 0 fully saturated rings. The molecule has 0 aromatic heterocycles. The minimum atomic E-state index is -0.891. The molecule has 0 saturated heterocycles. The quantitative estimate of drug-likeness (QED) is 0.0405. The van der Waals surface area contributed by atoms with Crippen LogP contribution in [-0.4, -0.2) is 80.6 Å². The number of hydrogen-bond donors (Lipinski definition) is 1. The summed E-state index contributed by atoms with van der Waals surface area (Å²) in [6.45, 7) is 4.37. The van der Waals surface area contributed by atoms with Crippen molar-refractivity contribution >= 4 is 17.9 Å². The predicted molar refractivity (Wildman–Crippen MR) is 183 cm³/mol. The summed E-state index contributed by atoms with van der Waals surface area (Å²) in [4.78, 5) is 36.5. The molecule has 0 aliphatic heterocycles. The summed E-state index contributed by atoms with van der Waals surface area (Å²) in [5.74, 6) is -1.58. The molecule has 0 amide bonds. The number of carboxylic acids is 1. The molecule has 1 N–H and O–H groups in total. The number of rotatable bonds is 28. The fourth-order valence-electron chi connectivity index (χ4n) is 4.32. The molecule has 256 valence electrons. The highest BCUT2D eigenvalue weighted by molar-refractivity contribution is 5.72. The standard InChI is InChI=1S/C37H61NO7/c1-6-8-10-12-14-16-17-18-20-21-23-25-27-35(39)44-32-33(31-43-30-29-34(37(41)42)38(3,4)5)45-36(40)28-26-24-22-19-15-13-11-9-7-2/h8-11,14-16,18-20,33-34H,6-7,12-13,17,21-32H2,1-5H3/p+1/b10-8+,11-9+,16-14+,19-15+,20-18+. The molecule has 2 unspecified atom stereocenters. The molecular weight excluding hydrogens is 570 g/mol. The van der Waals surface area contributed by atoms with Gasteiger partial charge in [-0.3, -0.25) is 9.59 Å². The fourth-order valence-corrected chi connectivity index (χ4v) is 4.32. The Morgan fingerprint density at radius 2 is 1.16 bits per heavy atom. The summed E-state index contributed by atoms with van der Waals surface area (Å²) in [7, 11) is 5.47. The van der Waals surface area contributed by atoms with Crippen LogP contribution in [0.25, 0.3) is 0 Å². The number of aliphatic carboxylic acids is 1. The van der Waals surface area contributed by atoms with E-state index >= 15 is 0 Å². The predicted octanol–water partition coefficient (Wildman–Crippen LogP) is 7.90. The van der Waals surface area contributed by atoms with E-state index in [-0.39, 0.29) is 42.7 Å². The Kier molecular flexibility index (Phi) is 26.6. The van der Waals surface area contributed by atoms with Gasteiger partial charge in [0, 0.05) is 19.3 Å². The normalized spacial score (nSPS) is 13.9. The van der Waals surface area contributed by atoms with Crippen LogP contribution in [-0.2, 0) is 28.6 Å². The van der Waals surface area contributed by atoms with Crippen molar-refractivity contribution in [2.45, 2.75) is 116 Å². The number of esters is 2. The number of allylic oxidation sites excluding steroid dienone is 10. The lowest BCUT2D eigenvalue weighted by Crippen LogP contribution is -2.50. The maximum Gasteiger partial charge on any atom is 0.362 e. The van der Waals surface area contributed by atoms with Crippen molar-refractivity contribution in [3.05, 3.63) is 60.8 Å². The van der Waals surface area contributed by atoms with E-state index < -0.39 is 18.1 Å². The molecule has 8 nitrogen and oxygen atoms in total. The van der Waals surface area contributed by atoms with E-state index in [2.05, 4.69) is 74.6 Å². The van der Waals surface area contributed by atoms with Crippen LogP contribution < -0.4 is 0 Å². The molecule has 0 saturated carbocycles. The highest BCUT2D eigenvalue weighted by atomic mass is 16.6. The second kappa shape index (κ2) is 28.5. The summed E-state index contributed by atoms with van der Waals surface area (Å²) in [5, 5.41) is 9.54. The monoisotopic (exact) mass is 632 g/mol. The zero-order valence-corrected chi connectivity index (χ0v) is 28.8. The Bertz CT molecular complexity index is 928. The summed E-state index contributed by atoms with van der Waals surface area (Å²) in [6, 6.07) is -0.625. The molecule has 2 atom stereocenters. The van der Waals surface area contributed by atoms with Crippen LogP contribution in [0, 0.1) is 0 Å². The van der Waals surface area contributed by atoms with Crippen molar-refractivity contribution in [1.82, 2.24) is 0 Å². The van der Waals surface area contributed by atoms with Gasteiger partial charge < -0.3 is 23.8 Å². The van der Waals surface area contributed by atoms with Crippen molar-refractivity contribution in [3.8, 4) is 0 Å². The van der Waals surface area contributed by atoms with Gasteiger partial charge in [-0.25, -0.2) is 4.79 Å². The molecular formula is C37H62NO7+. The van der Waals surface area contributed by atoms with Crippen LogP contribution in [0.5, 0.6) is 0 Å². The number of ether oxygens (including phenoxy) is 3. The molecule has 0 heterocycles. The second-order valence-electron chi connectivity index (χ2n) is 12.0. The lowest BCUT2D eigenvalue weighted by atomic mass is 10.1. The second-order valence-corrected chi connectivity index (χ2v) is 12.0. The third-order valence-corrected chi connectivity index (χ3v) is 6.91. The smallest absolute Gasteiger partial charge is 0.362 e. The van der Waals surface area contributed by atoms with Gasteiger partial charge in [-0.2, -0.15) is 0 Å². The molecule has 0 aliphatic carbocycles.